The molecule has 2 atom stereocenters. The van der Waals surface area contributed by atoms with Crippen LogP contribution in [0, 0.1) is 5.92 Å². The molecule has 0 spiro atoms. The van der Waals surface area contributed by atoms with E-state index in [1.54, 1.807) is 12.1 Å². The molecule has 0 heterocycles. The van der Waals surface area contributed by atoms with E-state index >= 15 is 0 Å². The zero-order valence-electron chi connectivity index (χ0n) is 13.3. The van der Waals surface area contributed by atoms with Crippen LogP contribution in [0.3, 0.4) is 0 Å². The zero-order valence-corrected chi connectivity index (χ0v) is 13.3. The number of benzene rings is 2. The standard InChI is InChI=1S/C19H21NO3/c1-3-13(2)17(19(22)23)20-18(21)16-11-9-15(10-12-16)14-7-5-4-6-8-14/h4-13,17H,3H2,1-2H3,(H,20,21)(H,22,23)/t13-,17+/m1/s1. The molecule has 0 aliphatic heterocycles. The highest BCUT2D eigenvalue weighted by Gasteiger charge is 2.25. The number of rotatable bonds is 6. The second-order valence-corrected chi connectivity index (χ2v) is 5.62. The van der Waals surface area contributed by atoms with Gasteiger partial charge in [-0.1, -0.05) is 62.7 Å². The Kier molecular flexibility index (Phi) is 5.52. The van der Waals surface area contributed by atoms with Crippen LogP contribution >= 0.6 is 0 Å². The number of carbonyl (C=O) groups excluding carboxylic acids is 1. The molecule has 120 valence electrons. The van der Waals surface area contributed by atoms with Gasteiger partial charge in [0, 0.05) is 5.56 Å². The van der Waals surface area contributed by atoms with Gasteiger partial charge in [0.25, 0.3) is 5.91 Å². The number of carbonyl (C=O) groups is 2. The number of aliphatic carboxylic acids is 1. The fourth-order valence-electron chi connectivity index (χ4n) is 2.35. The topological polar surface area (TPSA) is 66.4 Å². The zero-order chi connectivity index (χ0) is 16.8. The number of nitrogens with one attached hydrogen (secondary N) is 1. The van der Waals surface area contributed by atoms with Gasteiger partial charge in [-0.3, -0.25) is 4.79 Å². The molecule has 0 saturated carbocycles. The molecule has 0 unspecified atom stereocenters. The van der Waals surface area contributed by atoms with Crippen molar-refractivity contribution in [1.29, 1.82) is 0 Å². The molecule has 4 heteroatoms. The van der Waals surface area contributed by atoms with E-state index < -0.39 is 12.0 Å². The lowest BCUT2D eigenvalue weighted by Crippen LogP contribution is -2.45. The van der Waals surface area contributed by atoms with E-state index in [4.69, 9.17) is 0 Å². The van der Waals surface area contributed by atoms with Crippen molar-refractivity contribution in [3.8, 4) is 11.1 Å². The van der Waals surface area contributed by atoms with Crippen molar-refractivity contribution < 1.29 is 14.7 Å². The second-order valence-electron chi connectivity index (χ2n) is 5.62. The Balaban J connectivity index is 2.12. The summed E-state index contributed by atoms with van der Waals surface area (Å²) in [5.41, 5.74) is 2.54. The second kappa shape index (κ2) is 7.58. The minimum absolute atomic E-state index is 0.125. The summed E-state index contributed by atoms with van der Waals surface area (Å²) < 4.78 is 0. The lowest BCUT2D eigenvalue weighted by atomic mass is 9.98. The molecule has 1 amide bonds. The van der Waals surface area contributed by atoms with Crippen molar-refractivity contribution in [3.05, 3.63) is 60.2 Å². The highest BCUT2D eigenvalue weighted by atomic mass is 16.4. The van der Waals surface area contributed by atoms with Crippen molar-refractivity contribution in [2.75, 3.05) is 0 Å². The van der Waals surface area contributed by atoms with Crippen LogP contribution in [0.4, 0.5) is 0 Å². The lowest BCUT2D eigenvalue weighted by molar-refractivity contribution is -0.140. The van der Waals surface area contributed by atoms with Crippen LogP contribution in [0.5, 0.6) is 0 Å². The van der Waals surface area contributed by atoms with Crippen LogP contribution in [-0.2, 0) is 4.79 Å². The number of hydrogen-bond acceptors (Lipinski definition) is 2. The van der Waals surface area contributed by atoms with Crippen LogP contribution in [-0.4, -0.2) is 23.0 Å². The maximum Gasteiger partial charge on any atom is 0.326 e. The SMILES string of the molecule is CC[C@@H](C)[C@H](NC(=O)c1ccc(-c2ccccc2)cc1)C(=O)O. The van der Waals surface area contributed by atoms with Gasteiger partial charge >= 0.3 is 5.97 Å². The average molecular weight is 311 g/mol. The highest BCUT2D eigenvalue weighted by Crippen LogP contribution is 2.19. The van der Waals surface area contributed by atoms with Gasteiger partial charge in [-0.25, -0.2) is 4.79 Å². The van der Waals surface area contributed by atoms with Crippen LogP contribution < -0.4 is 5.32 Å². The third-order valence-corrected chi connectivity index (χ3v) is 4.02. The number of carboxylic acids is 1. The third kappa shape index (κ3) is 4.19. The molecule has 0 aromatic heterocycles. The minimum Gasteiger partial charge on any atom is -0.480 e. The predicted octanol–water partition coefficient (Wildman–Crippen LogP) is 3.58. The number of amides is 1. The molecular formula is C19H21NO3. The normalized spacial score (nSPS) is 13.1. The van der Waals surface area contributed by atoms with Gasteiger partial charge in [-0.05, 0) is 29.2 Å². The molecular weight excluding hydrogens is 290 g/mol. The quantitative estimate of drug-likeness (QED) is 0.857. The van der Waals surface area contributed by atoms with Gasteiger partial charge in [0.15, 0.2) is 0 Å². The molecule has 0 aliphatic rings. The van der Waals surface area contributed by atoms with Gasteiger partial charge in [0.2, 0.25) is 0 Å². The predicted molar refractivity (Wildman–Crippen MR) is 90.2 cm³/mol. The van der Waals surface area contributed by atoms with Crippen LogP contribution in [0.15, 0.2) is 54.6 Å². The molecule has 23 heavy (non-hydrogen) atoms. The van der Waals surface area contributed by atoms with E-state index in [2.05, 4.69) is 5.32 Å². The number of hydrogen-bond donors (Lipinski definition) is 2. The van der Waals surface area contributed by atoms with Crippen LogP contribution in [0.1, 0.15) is 30.6 Å². The molecule has 2 N–H and O–H groups in total. The molecule has 2 aromatic rings. The largest absolute Gasteiger partial charge is 0.480 e. The first-order chi connectivity index (χ1) is 11.0. The Morgan fingerprint density at radius 2 is 1.57 bits per heavy atom. The van der Waals surface area contributed by atoms with E-state index in [-0.39, 0.29) is 11.8 Å². The molecule has 2 aromatic carbocycles. The van der Waals surface area contributed by atoms with Gasteiger partial charge in [-0.15, -0.1) is 0 Å². The van der Waals surface area contributed by atoms with Crippen molar-refractivity contribution in [2.45, 2.75) is 26.3 Å². The summed E-state index contributed by atoms with van der Waals surface area (Å²) in [5, 5.41) is 11.9. The minimum atomic E-state index is -1.01. The molecule has 0 bridgehead atoms. The summed E-state index contributed by atoms with van der Waals surface area (Å²) in [5.74, 6) is -1.49. The Morgan fingerprint density at radius 1 is 1.00 bits per heavy atom. The van der Waals surface area contributed by atoms with Crippen molar-refractivity contribution in [3.63, 3.8) is 0 Å². The Labute approximate surface area is 136 Å². The fourth-order valence-corrected chi connectivity index (χ4v) is 2.35. The molecule has 2 rings (SSSR count). The summed E-state index contributed by atoms with van der Waals surface area (Å²) >= 11 is 0. The smallest absolute Gasteiger partial charge is 0.326 e. The summed E-state index contributed by atoms with van der Waals surface area (Å²) in [6, 6.07) is 16.1. The van der Waals surface area contributed by atoms with E-state index in [9.17, 15) is 14.7 Å². The summed E-state index contributed by atoms with van der Waals surface area (Å²) in [4.78, 5) is 23.5. The van der Waals surface area contributed by atoms with Gasteiger partial charge < -0.3 is 10.4 Å². The van der Waals surface area contributed by atoms with E-state index in [0.29, 0.717) is 12.0 Å². The molecule has 0 aliphatic carbocycles. The molecule has 0 fully saturated rings. The third-order valence-electron chi connectivity index (χ3n) is 4.02. The first kappa shape index (κ1) is 16.7. The maximum absolute atomic E-state index is 12.3. The first-order valence-electron chi connectivity index (χ1n) is 7.72. The Hall–Kier alpha value is -2.62. The lowest BCUT2D eigenvalue weighted by Gasteiger charge is -2.20. The average Bonchev–Trinajstić information content (AvgIpc) is 2.59. The van der Waals surface area contributed by atoms with Crippen molar-refractivity contribution in [1.82, 2.24) is 5.32 Å². The molecule has 0 radical (unpaired) electrons. The highest BCUT2D eigenvalue weighted by molar-refractivity contribution is 5.97. The summed E-state index contributed by atoms with van der Waals surface area (Å²) in [6.45, 7) is 3.72. The van der Waals surface area contributed by atoms with E-state index in [0.717, 1.165) is 11.1 Å². The Morgan fingerprint density at radius 3 is 2.09 bits per heavy atom. The molecule has 4 nitrogen and oxygen atoms in total. The molecule has 0 saturated heterocycles. The van der Waals surface area contributed by atoms with Gasteiger partial charge in [-0.2, -0.15) is 0 Å². The summed E-state index contributed by atoms with van der Waals surface area (Å²) in [7, 11) is 0. The van der Waals surface area contributed by atoms with Crippen molar-refractivity contribution >= 4 is 11.9 Å². The van der Waals surface area contributed by atoms with Gasteiger partial charge in [0.05, 0.1) is 0 Å². The van der Waals surface area contributed by atoms with E-state index in [1.165, 1.54) is 0 Å². The number of carboxylic acid groups (broad SMARTS) is 1. The van der Waals surface area contributed by atoms with Gasteiger partial charge in [0.1, 0.15) is 6.04 Å². The first-order valence-corrected chi connectivity index (χ1v) is 7.72. The fraction of sp³-hybridized carbons (Fsp3) is 0.263. The van der Waals surface area contributed by atoms with Crippen LogP contribution in [0.2, 0.25) is 0 Å². The Bertz CT molecular complexity index is 665. The monoisotopic (exact) mass is 311 g/mol. The van der Waals surface area contributed by atoms with Crippen LogP contribution in [0.25, 0.3) is 11.1 Å². The van der Waals surface area contributed by atoms with E-state index in [1.807, 2.05) is 56.3 Å². The summed E-state index contributed by atoms with van der Waals surface area (Å²) in [6.07, 6.45) is 0.685. The maximum atomic E-state index is 12.3. The van der Waals surface area contributed by atoms with Crippen molar-refractivity contribution in [2.24, 2.45) is 5.92 Å².